The van der Waals surface area contributed by atoms with Gasteiger partial charge in [-0.05, 0) is 33.0 Å². The summed E-state index contributed by atoms with van der Waals surface area (Å²) in [5.41, 5.74) is 0. The third kappa shape index (κ3) is 3.90. The van der Waals surface area contributed by atoms with Crippen molar-refractivity contribution in [2.24, 2.45) is 0 Å². The summed E-state index contributed by atoms with van der Waals surface area (Å²) in [4.78, 5) is 2.36. The van der Waals surface area contributed by atoms with E-state index >= 15 is 0 Å². The Balaban J connectivity index is 0. The van der Waals surface area contributed by atoms with E-state index in [9.17, 15) is 0 Å². The summed E-state index contributed by atoms with van der Waals surface area (Å²) in [6.45, 7) is 2.64. The van der Waals surface area contributed by atoms with E-state index in [1.54, 1.807) is 0 Å². The summed E-state index contributed by atoms with van der Waals surface area (Å²) >= 11 is 0. The van der Waals surface area contributed by atoms with Crippen molar-refractivity contribution >= 4 is 0 Å². The SMILES string of the molecule is CN1CCCC1.[CH3-].[Na+]. The Hall–Kier alpha value is 0.960. The molecule has 8 heavy (non-hydrogen) atoms. The fourth-order valence-corrected chi connectivity index (χ4v) is 0.875. The molecule has 1 nitrogen and oxygen atoms in total. The smallest absolute Gasteiger partial charge is 0.358 e. The summed E-state index contributed by atoms with van der Waals surface area (Å²) in [5.74, 6) is 0. The molecule has 0 amide bonds. The molecule has 0 saturated carbocycles. The van der Waals surface area contributed by atoms with Crippen molar-refractivity contribution < 1.29 is 29.6 Å². The molecule has 44 valence electrons. The average Bonchev–Trinajstić information content (AvgIpc) is 1.86. The van der Waals surface area contributed by atoms with Crippen molar-refractivity contribution in [1.82, 2.24) is 4.90 Å². The molecule has 1 rings (SSSR count). The zero-order valence-electron chi connectivity index (χ0n) is 6.28. The summed E-state index contributed by atoms with van der Waals surface area (Å²) in [7, 11) is 2.17. The molecule has 0 unspecified atom stereocenters. The molecule has 0 aliphatic carbocycles. The first kappa shape index (κ1) is 11.7. The van der Waals surface area contributed by atoms with E-state index in [1.165, 1.54) is 25.9 Å². The Morgan fingerprint density at radius 2 is 1.50 bits per heavy atom. The molecule has 0 aromatic carbocycles. The number of nitrogens with zero attached hydrogens (tertiary/aromatic N) is 1. The standard InChI is InChI=1S/C5H11N.CH3.Na/c1-6-4-2-3-5-6;;/h2-5H2,1H3;1H3;/q;-1;+1. The summed E-state index contributed by atoms with van der Waals surface area (Å²) < 4.78 is 0. The van der Waals surface area contributed by atoms with Gasteiger partial charge in [-0.2, -0.15) is 0 Å². The maximum absolute atomic E-state index is 2.36. The number of hydrogen-bond donors (Lipinski definition) is 0. The van der Waals surface area contributed by atoms with Gasteiger partial charge in [-0.1, -0.05) is 0 Å². The third-order valence-electron chi connectivity index (χ3n) is 1.33. The van der Waals surface area contributed by atoms with Gasteiger partial charge in [-0.15, -0.1) is 0 Å². The van der Waals surface area contributed by atoms with Gasteiger partial charge in [0.15, 0.2) is 0 Å². The van der Waals surface area contributed by atoms with Crippen LogP contribution in [0.15, 0.2) is 0 Å². The Morgan fingerprint density at radius 1 is 1.12 bits per heavy atom. The van der Waals surface area contributed by atoms with Gasteiger partial charge in [0.2, 0.25) is 0 Å². The zero-order valence-corrected chi connectivity index (χ0v) is 8.28. The predicted molar refractivity (Wildman–Crippen MR) is 33.1 cm³/mol. The second-order valence-corrected chi connectivity index (χ2v) is 2.01. The van der Waals surface area contributed by atoms with Crippen LogP contribution in [0.1, 0.15) is 12.8 Å². The van der Waals surface area contributed by atoms with E-state index in [-0.39, 0.29) is 37.0 Å². The van der Waals surface area contributed by atoms with Crippen LogP contribution in [0.2, 0.25) is 0 Å². The molecular formula is C6H14NNa. The van der Waals surface area contributed by atoms with Crippen LogP contribution < -0.4 is 29.6 Å². The van der Waals surface area contributed by atoms with Crippen molar-refractivity contribution in [2.75, 3.05) is 20.1 Å². The van der Waals surface area contributed by atoms with Gasteiger partial charge in [-0.3, -0.25) is 0 Å². The molecule has 1 saturated heterocycles. The molecule has 0 N–H and O–H groups in total. The molecule has 1 aliphatic rings. The molecule has 0 aromatic heterocycles. The largest absolute Gasteiger partial charge is 1.00 e. The van der Waals surface area contributed by atoms with Gasteiger partial charge in [-0.25, -0.2) is 0 Å². The van der Waals surface area contributed by atoms with Crippen LogP contribution in [0.25, 0.3) is 0 Å². The van der Waals surface area contributed by atoms with E-state index in [2.05, 4.69) is 11.9 Å². The minimum atomic E-state index is 0. The number of hydrogen-bond acceptors (Lipinski definition) is 1. The predicted octanol–water partition coefficient (Wildman–Crippen LogP) is -1.83. The normalized spacial score (nSPS) is 19.1. The van der Waals surface area contributed by atoms with Crippen LogP contribution in [-0.4, -0.2) is 25.0 Å². The molecule has 0 radical (unpaired) electrons. The van der Waals surface area contributed by atoms with Gasteiger partial charge in [0.25, 0.3) is 0 Å². The first-order valence-electron chi connectivity index (χ1n) is 2.58. The fourth-order valence-electron chi connectivity index (χ4n) is 0.875. The Morgan fingerprint density at radius 3 is 1.62 bits per heavy atom. The minimum absolute atomic E-state index is 0. The van der Waals surface area contributed by atoms with Crippen LogP contribution in [0.5, 0.6) is 0 Å². The number of likely N-dealkylation sites (tertiary alicyclic amines) is 1. The molecule has 0 spiro atoms. The molecule has 1 aliphatic heterocycles. The van der Waals surface area contributed by atoms with E-state index in [0.717, 1.165) is 0 Å². The quantitative estimate of drug-likeness (QED) is 0.270. The van der Waals surface area contributed by atoms with Gasteiger partial charge in [0, 0.05) is 0 Å². The van der Waals surface area contributed by atoms with Crippen molar-refractivity contribution in [3.63, 3.8) is 0 Å². The topological polar surface area (TPSA) is 3.24 Å². The second kappa shape index (κ2) is 6.09. The van der Waals surface area contributed by atoms with Crippen molar-refractivity contribution in [3.05, 3.63) is 7.43 Å². The van der Waals surface area contributed by atoms with E-state index in [0.29, 0.717) is 0 Å². The third-order valence-corrected chi connectivity index (χ3v) is 1.33. The van der Waals surface area contributed by atoms with Crippen molar-refractivity contribution in [3.8, 4) is 0 Å². The number of rotatable bonds is 0. The molecule has 0 aromatic rings. The van der Waals surface area contributed by atoms with Gasteiger partial charge in [0.1, 0.15) is 0 Å². The van der Waals surface area contributed by atoms with Crippen LogP contribution in [0, 0.1) is 7.43 Å². The Labute approximate surface area is 74.7 Å². The van der Waals surface area contributed by atoms with Crippen LogP contribution in [0.4, 0.5) is 0 Å². The van der Waals surface area contributed by atoms with Crippen LogP contribution in [-0.2, 0) is 0 Å². The van der Waals surface area contributed by atoms with Gasteiger partial charge < -0.3 is 12.3 Å². The first-order chi connectivity index (χ1) is 2.89. The minimum Gasteiger partial charge on any atom is -0.358 e. The monoisotopic (exact) mass is 123 g/mol. The molecular weight excluding hydrogens is 109 g/mol. The van der Waals surface area contributed by atoms with E-state index in [1.807, 2.05) is 0 Å². The molecule has 1 fully saturated rings. The van der Waals surface area contributed by atoms with Crippen molar-refractivity contribution in [1.29, 1.82) is 0 Å². The second-order valence-electron chi connectivity index (χ2n) is 2.01. The summed E-state index contributed by atoms with van der Waals surface area (Å²) in [6.07, 6.45) is 2.83. The van der Waals surface area contributed by atoms with E-state index < -0.39 is 0 Å². The zero-order chi connectivity index (χ0) is 4.41. The fraction of sp³-hybridized carbons (Fsp3) is 0.833. The molecule has 2 heteroatoms. The Kier molecular flexibility index (Phi) is 8.92. The van der Waals surface area contributed by atoms with Crippen LogP contribution in [0.3, 0.4) is 0 Å². The van der Waals surface area contributed by atoms with Crippen LogP contribution >= 0.6 is 0 Å². The molecule has 0 bridgehead atoms. The van der Waals surface area contributed by atoms with Gasteiger partial charge >= 0.3 is 29.6 Å². The van der Waals surface area contributed by atoms with Crippen molar-refractivity contribution in [2.45, 2.75) is 12.8 Å². The Bertz CT molecular complexity index is 41.8. The first-order valence-corrected chi connectivity index (χ1v) is 2.58. The summed E-state index contributed by atoms with van der Waals surface area (Å²) in [6, 6.07) is 0. The maximum atomic E-state index is 2.36. The van der Waals surface area contributed by atoms with E-state index in [4.69, 9.17) is 0 Å². The maximum Gasteiger partial charge on any atom is 1.00 e. The molecule has 1 heterocycles. The average molecular weight is 123 g/mol. The molecule has 0 atom stereocenters. The summed E-state index contributed by atoms with van der Waals surface area (Å²) in [5, 5.41) is 0. The van der Waals surface area contributed by atoms with Gasteiger partial charge in [0.05, 0.1) is 0 Å².